The van der Waals surface area contributed by atoms with E-state index in [0.29, 0.717) is 0 Å². The summed E-state index contributed by atoms with van der Waals surface area (Å²) >= 11 is 0. The predicted molar refractivity (Wildman–Crippen MR) is 88.0 cm³/mol. The fourth-order valence-corrected chi connectivity index (χ4v) is 4.93. The molecule has 0 aromatic heterocycles. The summed E-state index contributed by atoms with van der Waals surface area (Å²) in [5, 5.41) is 2.57. The Labute approximate surface area is 117 Å². The minimum Gasteiger partial charge on any atom is -0.126 e. The van der Waals surface area contributed by atoms with Crippen LogP contribution in [-0.2, 0) is 0 Å². The standard InChI is InChI=1S/C18H22Si/c1-4-19(5-2,6-3)14-13-16-11-12-17-9-7-8-10-18(17)15-16/h7-12,15H,4-6H2,1-3H3. The van der Waals surface area contributed by atoms with Gasteiger partial charge in [0.2, 0.25) is 0 Å². The molecule has 0 nitrogen and oxygen atoms in total. The zero-order chi connectivity index (χ0) is 13.7. The Morgan fingerprint density at radius 1 is 0.842 bits per heavy atom. The molecule has 0 aliphatic heterocycles. The minimum atomic E-state index is -1.33. The van der Waals surface area contributed by atoms with Crippen molar-refractivity contribution < 1.29 is 0 Å². The second kappa shape index (κ2) is 6.08. The van der Waals surface area contributed by atoms with Crippen LogP contribution in [0, 0.1) is 11.5 Å². The van der Waals surface area contributed by atoms with Crippen molar-refractivity contribution in [3.05, 3.63) is 48.0 Å². The van der Waals surface area contributed by atoms with Gasteiger partial charge in [0, 0.05) is 5.56 Å². The van der Waals surface area contributed by atoms with E-state index >= 15 is 0 Å². The van der Waals surface area contributed by atoms with E-state index in [-0.39, 0.29) is 0 Å². The van der Waals surface area contributed by atoms with Gasteiger partial charge < -0.3 is 0 Å². The maximum absolute atomic E-state index is 3.65. The van der Waals surface area contributed by atoms with Crippen molar-refractivity contribution in [1.82, 2.24) is 0 Å². The van der Waals surface area contributed by atoms with E-state index in [2.05, 4.69) is 74.7 Å². The van der Waals surface area contributed by atoms with Gasteiger partial charge in [0.15, 0.2) is 0 Å². The molecule has 0 bridgehead atoms. The summed E-state index contributed by atoms with van der Waals surface area (Å²) in [5.74, 6) is 3.44. The summed E-state index contributed by atoms with van der Waals surface area (Å²) in [6, 6.07) is 18.8. The van der Waals surface area contributed by atoms with Crippen LogP contribution in [0.4, 0.5) is 0 Å². The van der Waals surface area contributed by atoms with Gasteiger partial charge in [-0.15, -0.1) is 5.54 Å². The molecule has 0 saturated carbocycles. The Bertz CT molecular complexity index is 604. The van der Waals surface area contributed by atoms with Crippen molar-refractivity contribution in [1.29, 1.82) is 0 Å². The quantitative estimate of drug-likeness (QED) is 0.526. The molecule has 0 unspecified atom stereocenters. The second-order valence-corrected chi connectivity index (χ2v) is 10.1. The van der Waals surface area contributed by atoms with Crippen molar-refractivity contribution in [2.24, 2.45) is 0 Å². The maximum atomic E-state index is 3.65. The molecule has 0 radical (unpaired) electrons. The lowest BCUT2D eigenvalue weighted by molar-refractivity contribution is 1.20. The first-order chi connectivity index (χ1) is 9.23. The number of fused-ring (bicyclic) bond motifs is 1. The van der Waals surface area contributed by atoms with Crippen molar-refractivity contribution in [3.63, 3.8) is 0 Å². The summed E-state index contributed by atoms with van der Waals surface area (Å²) in [5.41, 5.74) is 4.81. The van der Waals surface area contributed by atoms with Gasteiger partial charge in [-0.2, -0.15) is 0 Å². The second-order valence-electron chi connectivity index (χ2n) is 5.15. The van der Waals surface area contributed by atoms with Crippen LogP contribution in [0.5, 0.6) is 0 Å². The topological polar surface area (TPSA) is 0 Å². The maximum Gasteiger partial charge on any atom is 0.138 e. The Kier molecular flexibility index (Phi) is 4.45. The highest BCUT2D eigenvalue weighted by molar-refractivity contribution is 6.87. The van der Waals surface area contributed by atoms with E-state index in [1.54, 1.807) is 0 Å². The fourth-order valence-electron chi connectivity index (χ4n) is 2.49. The number of hydrogen-bond donors (Lipinski definition) is 0. The summed E-state index contributed by atoms with van der Waals surface area (Å²) < 4.78 is 0. The molecule has 2 aromatic carbocycles. The number of rotatable bonds is 3. The van der Waals surface area contributed by atoms with Crippen molar-refractivity contribution in [2.75, 3.05) is 0 Å². The molecular formula is C18H22Si. The molecule has 2 aromatic rings. The van der Waals surface area contributed by atoms with Gasteiger partial charge >= 0.3 is 0 Å². The Hall–Kier alpha value is -1.52. The minimum absolute atomic E-state index is 1.16. The molecule has 0 atom stereocenters. The largest absolute Gasteiger partial charge is 0.138 e. The van der Waals surface area contributed by atoms with Gasteiger partial charge in [-0.05, 0) is 41.0 Å². The van der Waals surface area contributed by atoms with Crippen LogP contribution in [-0.4, -0.2) is 8.07 Å². The van der Waals surface area contributed by atoms with Gasteiger partial charge in [0.25, 0.3) is 0 Å². The Morgan fingerprint density at radius 2 is 1.47 bits per heavy atom. The zero-order valence-corrected chi connectivity index (χ0v) is 13.2. The molecule has 0 N–H and O–H groups in total. The van der Waals surface area contributed by atoms with Crippen LogP contribution in [0.1, 0.15) is 26.3 Å². The Morgan fingerprint density at radius 3 is 2.11 bits per heavy atom. The van der Waals surface area contributed by atoms with Crippen LogP contribution >= 0.6 is 0 Å². The zero-order valence-electron chi connectivity index (χ0n) is 12.2. The molecule has 98 valence electrons. The van der Waals surface area contributed by atoms with Crippen LogP contribution in [0.2, 0.25) is 18.1 Å². The lowest BCUT2D eigenvalue weighted by Gasteiger charge is -2.20. The SMILES string of the molecule is CC[Si](C#Cc1ccc2ccccc2c1)(CC)CC. The van der Waals surface area contributed by atoms with Gasteiger partial charge in [0.05, 0.1) is 0 Å². The summed E-state index contributed by atoms with van der Waals surface area (Å²) in [4.78, 5) is 0. The van der Waals surface area contributed by atoms with E-state index in [1.165, 1.54) is 28.9 Å². The molecule has 0 heterocycles. The third-order valence-corrected chi connectivity index (χ3v) is 8.97. The van der Waals surface area contributed by atoms with E-state index < -0.39 is 8.07 Å². The molecule has 0 spiro atoms. The van der Waals surface area contributed by atoms with E-state index in [1.807, 2.05) is 0 Å². The molecule has 19 heavy (non-hydrogen) atoms. The van der Waals surface area contributed by atoms with Gasteiger partial charge in [-0.1, -0.05) is 57.0 Å². The third kappa shape index (κ3) is 3.08. The molecule has 0 saturated heterocycles. The fraction of sp³-hybridized carbons (Fsp3) is 0.333. The Balaban J connectivity index is 2.36. The molecule has 0 aliphatic rings. The van der Waals surface area contributed by atoms with Crippen LogP contribution in [0.25, 0.3) is 10.8 Å². The first-order valence-electron chi connectivity index (χ1n) is 7.25. The van der Waals surface area contributed by atoms with Crippen LogP contribution in [0.3, 0.4) is 0 Å². The predicted octanol–water partition coefficient (Wildman–Crippen LogP) is 5.24. The van der Waals surface area contributed by atoms with Gasteiger partial charge in [-0.3, -0.25) is 0 Å². The van der Waals surface area contributed by atoms with Gasteiger partial charge in [-0.25, -0.2) is 0 Å². The highest BCUT2D eigenvalue weighted by atomic mass is 28.3. The number of hydrogen-bond acceptors (Lipinski definition) is 0. The van der Waals surface area contributed by atoms with E-state index in [9.17, 15) is 0 Å². The third-order valence-electron chi connectivity index (χ3n) is 4.25. The lowest BCUT2D eigenvalue weighted by Crippen LogP contribution is -2.29. The average molecular weight is 266 g/mol. The van der Waals surface area contributed by atoms with Crippen molar-refractivity contribution >= 4 is 18.8 Å². The summed E-state index contributed by atoms with van der Waals surface area (Å²) in [6.45, 7) is 6.90. The highest BCUT2D eigenvalue weighted by Gasteiger charge is 2.23. The molecule has 0 fully saturated rings. The molecule has 1 heteroatoms. The average Bonchev–Trinajstić information content (AvgIpc) is 2.49. The molecular weight excluding hydrogens is 244 g/mol. The summed E-state index contributed by atoms with van der Waals surface area (Å²) in [7, 11) is -1.33. The van der Waals surface area contributed by atoms with E-state index in [0.717, 1.165) is 5.56 Å². The molecule has 2 rings (SSSR count). The normalized spacial score (nSPS) is 11.1. The van der Waals surface area contributed by atoms with Crippen molar-refractivity contribution in [3.8, 4) is 11.5 Å². The lowest BCUT2D eigenvalue weighted by atomic mass is 10.1. The van der Waals surface area contributed by atoms with Crippen LogP contribution < -0.4 is 0 Å². The summed E-state index contributed by atoms with van der Waals surface area (Å²) in [6.07, 6.45) is 0. The molecule has 0 aliphatic carbocycles. The molecule has 0 amide bonds. The number of benzene rings is 2. The van der Waals surface area contributed by atoms with Gasteiger partial charge in [0.1, 0.15) is 8.07 Å². The van der Waals surface area contributed by atoms with E-state index in [4.69, 9.17) is 0 Å². The monoisotopic (exact) mass is 266 g/mol. The van der Waals surface area contributed by atoms with Crippen LogP contribution in [0.15, 0.2) is 42.5 Å². The smallest absolute Gasteiger partial charge is 0.126 e. The first kappa shape index (κ1) is 13.9. The highest BCUT2D eigenvalue weighted by Crippen LogP contribution is 2.20. The first-order valence-corrected chi connectivity index (χ1v) is 9.87. The van der Waals surface area contributed by atoms with Crippen molar-refractivity contribution in [2.45, 2.75) is 38.9 Å².